The molecule has 0 unspecified atom stereocenters. The lowest BCUT2D eigenvalue weighted by molar-refractivity contribution is -0.354. The van der Waals surface area contributed by atoms with Crippen molar-refractivity contribution in [1.29, 1.82) is 0 Å². The Morgan fingerprint density at radius 3 is 3.00 bits per heavy atom. The zero-order chi connectivity index (χ0) is 5.98. The first-order valence-electron chi connectivity index (χ1n) is 2.08. The molecule has 1 heterocycles. The van der Waals surface area contributed by atoms with Crippen molar-refractivity contribution in [2.24, 2.45) is 4.99 Å². The Bertz CT molecular complexity index is 141. The Morgan fingerprint density at radius 2 is 2.75 bits per heavy atom. The molecular weight excluding hydrogens is 110 g/mol. The zero-order valence-corrected chi connectivity index (χ0v) is 4.00. The van der Waals surface area contributed by atoms with E-state index in [9.17, 15) is 10.1 Å². The van der Waals surface area contributed by atoms with E-state index in [1.165, 1.54) is 6.54 Å². The van der Waals surface area contributed by atoms with Gasteiger partial charge in [0, 0.05) is 0 Å². The van der Waals surface area contributed by atoms with Gasteiger partial charge in [-0.05, 0) is 4.92 Å². The maximum Gasteiger partial charge on any atom is 0.422 e. The summed E-state index contributed by atoms with van der Waals surface area (Å²) >= 11 is 0. The third-order valence-electron chi connectivity index (χ3n) is 0.736. The number of guanidine groups is 1. The summed E-state index contributed by atoms with van der Waals surface area (Å²) in [5.74, 6) is -0.162. The quantitative estimate of drug-likeness (QED) is 0.337. The fourth-order valence-electron chi connectivity index (χ4n) is 0.425. The first-order valence-corrected chi connectivity index (χ1v) is 2.08. The Hall–Kier alpha value is -1.13. The van der Waals surface area contributed by atoms with Crippen molar-refractivity contribution in [3.05, 3.63) is 16.7 Å². The minimum Gasteiger partial charge on any atom is -0.390 e. The second kappa shape index (κ2) is 1.77. The molecule has 0 aliphatic carbocycles. The van der Waals surface area contributed by atoms with Crippen LogP contribution in [0.2, 0.25) is 0 Å². The third kappa shape index (κ3) is 0.749. The highest BCUT2D eigenvalue weighted by Crippen LogP contribution is 1.87. The largest absolute Gasteiger partial charge is 0.422 e. The van der Waals surface area contributed by atoms with Gasteiger partial charge < -0.3 is 10.1 Å². The van der Waals surface area contributed by atoms with E-state index in [0.717, 1.165) is 0 Å². The van der Waals surface area contributed by atoms with Gasteiger partial charge in [-0.15, -0.1) is 4.99 Å². The van der Waals surface area contributed by atoms with Crippen molar-refractivity contribution < 1.29 is 4.92 Å². The Balaban J connectivity index is 2.57. The molecule has 0 saturated carbocycles. The summed E-state index contributed by atoms with van der Waals surface area (Å²) in [5.41, 5.74) is 0. The van der Waals surface area contributed by atoms with E-state index < -0.39 is 4.92 Å². The van der Waals surface area contributed by atoms with Crippen LogP contribution in [0.1, 0.15) is 0 Å². The minimum atomic E-state index is -0.552. The van der Waals surface area contributed by atoms with Crippen LogP contribution < -0.4 is 5.32 Å². The van der Waals surface area contributed by atoms with Crippen LogP contribution in [0, 0.1) is 16.7 Å². The van der Waals surface area contributed by atoms with Gasteiger partial charge in [-0.3, -0.25) is 5.32 Å². The maximum atomic E-state index is 9.79. The molecule has 1 N–H and O–H groups in total. The van der Waals surface area contributed by atoms with E-state index in [1.807, 2.05) is 0 Å². The molecule has 43 valence electrons. The van der Waals surface area contributed by atoms with Crippen LogP contribution in [-0.2, 0) is 0 Å². The van der Waals surface area contributed by atoms with Gasteiger partial charge in [0.1, 0.15) is 13.1 Å². The third-order valence-corrected chi connectivity index (χ3v) is 0.736. The number of hydrogen-bond acceptors (Lipinski definition) is 4. The zero-order valence-electron chi connectivity index (χ0n) is 4.00. The van der Waals surface area contributed by atoms with Gasteiger partial charge in [0.15, 0.2) is 0 Å². The molecule has 8 heavy (non-hydrogen) atoms. The minimum absolute atomic E-state index is 0.162. The first-order chi connectivity index (χ1) is 3.80. The summed E-state index contributed by atoms with van der Waals surface area (Å²) in [5, 5.41) is 12.2. The number of aliphatic imine (C=N–C) groups is 1. The lowest BCUT2D eigenvalue weighted by Crippen LogP contribution is -2.23. The summed E-state index contributed by atoms with van der Waals surface area (Å²) in [7, 11) is 0. The summed E-state index contributed by atoms with van der Waals surface area (Å²) in [4.78, 5) is 12.7. The molecule has 1 radical (unpaired) electrons. The van der Waals surface area contributed by atoms with Crippen molar-refractivity contribution in [2.75, 3.05) is 6.54 Å². The number of nitrogens with one attached hydrogen (secondary N) is 1. The van der Waals surface area contributed by atoms with Crippen LogP contribution in [0.4, 0.5) is 0 Å². The Labute approximate surface area is 45.6 Å². The highest BCUT2D eigenvalue weighted by atomic mass is 16.6. The van der Waals surface area contributed by atoms with Gasteiger partial charge in [0.05, 0.1) is 0 Å². The summed E-state index contributed by atoms with van der Waals surface area (Å²) < 4.78 is 0. The number of nitro groups is 1. The van der Waals surface area contributed by atoms with Gasteiger partial charge in [-0.2, -0.15) is 0 Å². The van der Waals surface area contributed by atoms with E-state index >= 15 is 0 Å². The number of hydrogen-bond donors (Lipinski definition) is 1. The van der Waals surface area contributed by atoms with Gasteiger partial charge in [0.2, 0.25) is 0 Å². The Morgan fingerprint density at radius 1 is 2.00 bits per heavy atom. The molecule has 0 aromatic heterocycles. The Kier molecular flexibility index (Phi) is 1.11. The predicted molar refractivity (Wildman–Crippen MR) is 26.7 cm³/mol. The van der Waals surface area contributed by atoms with Crippen molar-refractivity contribution in [3.63, 3.8) is 0 Å². The molecule has 1 aliphatic rings. The molecule has 0 amide bonds. The topological polar surface area (TPSA) is 67.5 Å². The highest BCUT2D eigenvalue weighted by Gasteiger charge is 2.15. The van der Waals surface area contributed by atoms with Crippen LogP contribution in [0.25, 0.3) is 0 Å². The maximum absolute atomic E-state index is 9.79. The monoisotopic (exact) mass is 114 g/mol. The molecule has 0 atom stereocenters. The van der Waals surface area contributed by atoms with Crippen molar-refractivity contribution >= 4 is 5.96 Å². The van der Waals surface area contributed by atoms with E-state index in [1.54, 1.807) is 0 Å². The molecule has 0 aromatic carbocycles. The van der Waals surface area contributed by atoms with Crippen LogP contribution in [0.3, 0.4) is 0 Å². The van der Waals surface area contributed by atoms with Gasteiger partial charge in [0.25, 0.3) is 0 Å². The molecule has 5 heteroatoms. The molecule has 0 aromatic rings. The number of nitrogens with zero attached hydrogens (tertiary/aromatic N) is 2. The van der Waals surface area contributed by atoms with E-state index in [-0.39, 0.29) is 5.96 Å². The van der Waals surface area contributed by atoms with Crippen molar-refractivity contribution in [2.45, 2.75) is 0 Å². The summed E-state index contributed by atoms with van der Waals surface area (Å²) in [6.45, 7) is 1.93. The first kappa shape index (κ1) is 5.02. The fraction of sp³-hybridized carbons (Fsp3) is 0.333. The molecule has 5 nitrogen and oxygen atoms in total. The molecule has 0 saturated heterocycles. The molecule has 0 spiro atoms. The smallest absolute Gasteiger partial charge is 0.390 e. The highest BCUT2D eigenvalue weighted by molar-refractivity contribution is 5.74. The van der Waals surface area contributed by atoms with Crippen molar-refractivity contribution in [1.82, 2.24) is 5.32 Å². The lowest BCUT2D eigenvalue weighted by Gasteiger charge is -1.90. The van der Waals surface area contributed by atoms with Crippen LogP contribution >= 0.6 is 0 Å². The second-order valence-electron chi connectivity index (χ2n) is 1.27. The molecule has 1 aliphatic heterocycles. The molecule has 1 rings (SSSR count). The van der Waals surface area contributed by atoms with Gasteiger partial charge in [-0.25, -0.2) is 0 Å². The van der Waals surface area contributed by atoms with Crippen LogP contribution in [0.15, 0.2) is 4.99 Å². The van der Waals surface area contributed by atoms with Crippen molar-refractivity contribution in [3.8, 4) is 0 Å². The summed E-state index contributed by atoms with van der Waals surface area (Å²) in [6, 6.07) is 0. The van der Waals surface area contributed by atoms with Gasteiger partial charge in [-0.1, -0.05) is 0 Å². The van der Waals surface area contributed by atoms with E-state index in [0.29, 0.717) is 6.54 Å². The fourth-order valence-corrected chi connectivity index (χ4v) is 0.425. The van der Waals surface area contributed by atoms with Crippen LogP contribution in [-0.4, -0.2) is 17.4 Å². The summed E-state index contributed by atoms with van der Waals surface area (Å²) in [6.07, 6.45) is 0. The standard InChI is InChI=1S/C3H4N3O2/c7-6(8)3-4-1-2-5-3/h1H,2H2,(H,4,5). The van der Waals surface area contributed by atoms with Gasteiger partial charge >= 0.3 is 5.96 Å². The second-order valence-corrected chi connectivity index (χ2v) is 1.27. The average molecular weight is 114 g/mol. The van der Waals surface area contributed by atoms with E-state index in [4.69, 9.17) is 0 Å². The normalized spacial score (nSPS) is 17.2. The molecule has 0 fully saturated rings. The molecule has 0 bridgehead atoms. The van der Waals surface area contributed by atoms with E-state index in [2.05, 4.69) is 10.3 Å². The lowest BCUT2D eigenvalue weighted by atomic mass is 10.7. The molecular formula is C3H4N3O2. The number of rotatable bonds is 0. The SMILES string of the molecule is O=[N+]([O-])C1=NC[CH]N1. The van der Waals surface area contributed by atoms with Crippen LogP contribution in [0.5, 0.6) is 0 Å². The average Bonchev–Trinajstić information content (AvgIpc) is 2.12. The predicted octanol–water partition coefficient (Wildman–Crippen LogP) is -0.616.